The van der Waals surface area contributed by atoms with Crippen molar-refractivity contribution in [2.24, 2.45) is 0 Å². The normalized spacial score (nSPS) is 13.9. The van der Waals surface area contributed by atoms with Crippen molar-refractivity contribution in [2.45, 2.75) is 6.92 Å². The smallest absolute Gasteiger partial charge is 0.278 e. The van der Waals surface area contributed by atoms with Gasteiger partial charge in [0.1, 0.15) is 5.70 Å². The average Bonchev–Trinajstić information content (AvgIpc) is 2.90. The number of carbonyl (C=O) groups excluding carboxylic acids is 3. The number of allylic oxidation sites excluding steroid dienone is 1. The summed E-state index contributed by atoms with van der Waals surface area (Å²) in [7, 11) is 3.15. The quantitative estimate of drug-likeness (QED) is 0.343. The van der Waals surface area contributed by atoms with Gasteiger partial charge in [-0.25, -0.2) is 4.90 Å². The first-order valence-corrected chi connectivity index (χ1v) is 8.39. The zero-order chi connectivity index (χ0) is 20.6. The van der Waals surface area contributed by atoms with E-state index in [4.69, 9.17) is 0 Å². The first-order valence-electron chi connectivity index (χ1n) is 8.39. The number of hydrogen-bond donors (Lipinski definition) is 0. The molecule has 0 saturated heterocycles. The van der Waals surface area contributed by atoms with Gasteiger partial charge in [-0.1, -0.05) is 24.3 Å². The lowest BCUT2D eigenvalue weighted by Crippen LogP contribution is -2.33. The van der Waals surface area contributed by atoms with Crippen molar-refractivity contribution in [3.05, 3.63) is 81.0 Å². The van der Waals surface area contributed by atoms with Crippen molar-refractivity contribution in [3.8, 4) is 0 Å². The molecule has 0 unspecified atom stereocenters. The molecule has 8 heteroatoms. The zero-order valence-corrected chi connectivity index (χ0v) is 15.5. The fourth-order valence-electron chi connectivity index (χ4n) is 3.27. The Morgan fingerprint density at radius 2 is 1.46 bits per heavy atom. The molecule has 1 aliphatic heterocycles. The number of rotatable bonds is 5. The molecule has 1 heterocycles. The minimum atomic E-state index is -0.630. The minimum Gasteiger partial charge on any atom is -0.373 e. The topological polar surface area (TPSA) is 101 Å². The van der Waals surface area contributed by atoms with Crippen LogP contribution in [-0.4, -0.2) is 46.4 Å². The van der Waals surface area contributed by atoms with Crippen LogP contribution in [0.3, 0.4) is 0 Å². The van der Waals surface area contributed by atoms with E-state index >= 15 is 0 Å². The maximum Gasteiger partial charge on any atom is 0.278 e. The number of nitrogens with zero attached hydrogens (tertiary/aromatic N) is 3. The van der Waals surface area contributed by atoms with Crippen LogP contribution in [0.2, 0.25) is 0 Å². The highest BCUT2D eigenvalue weighted by Gasteiger charge is 2.41. The maximum atomic E-state index is 13.0. The molecule has 142 valence electrons. The summed E-state index contributed by atoms with van der Waals surface area (Å²) in [6.45, 7) is 1.28. The van der Waals surface area contributed by atoms with Gasteiger partial charge in [-0.2, -0.15) is 0 Å². The Morgan fingerprint density at radius 3 is 1.93 bits per heavy atom. The molecule has 2 aromatic carbocycles. The van der Waals surface area contributed by atoms with Gasteiger partial charge >= 0.3 is 0 Å². The van der Waals surface area contributed by atoms with Gasteiger partial charge in [0, 0.05) is 27.1 Å². The number of nitro groups is 1. The van der Waals surface area contributed by atoms with Gasteiger partial charge in [-0.05, 0) is 18.2 Å². The van der Waals surface area contributed by atoms with Crippen LogP contribution in [0.1, 0.15) is 33.2 Å². The van der Waals surface area contributed by atoms with E-state index in [0.717, 1.165) is 4.90 Å². The second-order valence-corrected chi connectivity index (χ2v) is 6.41. The molecule has 28 heavy (non-hydrogen) atoms. The molecule has 0 fully saturated rings. The standard InChI is InChI=1S/C20H17N3O5/c1-12(24)17(21(2)3)18(15-10-6-7-11-16(15)23(27)28)22-19(25)13-8-4-5-9-14(13)20(22)26/h4-11H,1-3H3. The number of ketones is 1. The number of hydrogen-bond acceptors (Lipinski definition) is 6. The van der Waals surface area contributed by atoms with Crippen LogP contribution in [0.5, 0.6) is 0 Å². The Kier molecular flexibility index (Phi) is 4.79. The number of nitro benzene ring substituents is 1. The summed E-state index contributed by atoms with van der Waals surface area (Å²) < 4.78 is 0. The van der Waals surface area contributed by atoms with Crippen molar-refractivity contribution in [1.82, 2.24) is 9.80 Å². The molecule has 0 radical (unpaired) electrons. The van der Waals surface area contributed by atoms with Gasteiger partial charge < -0.3 is 4.90 Å². The highest BCUT2D eigenvalue weighted by atomic mass is 16.6. The predicted octanol–water partition coefficient (Wildman–Crippen LogP) is 2.71. The number of amides is 2. The number of imide groups is 1. The third-order valence-corrected chi connectivity index (χ3v) is 4.38. The SMILES string of the molecule is CC(=O)C(=C(c1ccccc1[N+](=O)[O-])N1C(=O)c2ccccc2C1=O)N(C)C. The summed E-state index contributed by atoms with van der Waals surface area (Å²) in [5, 5.41) is 11.6. The van der Waals surface area contributed by atoms with Crippen LogP contribution in [0.25, 0.3) is 5.70 Å². The highest BCUT2D eigenvalue weighted by Crippen LogP contribution is 2.37. The second kappa shape index (κ2) is 7.07. The molecule has 0 bridgehead atoms. The van der Waals surface area contributed by atoms with E-state index in [0.29, 0.717) is 0 Å². The number of benzene rings is 2. The van der Waals surface area contributed by atoms with E-state index in [1.807, 2.05) is 0 Å². The molecule has 2 aromatic rings. The first kappa shape index (κ1) is 19.0. The fourth-order valence-corrected chi connectivity index (χ4v) is 3.27. The highest BCUT2D eigenvalue weighted by molar-refractivity contribution is 6.26. The molecule has 2 amide bonds. The molecular weight excluding hydrogens is 362 g/mol. The Hall–Kier alpha value is -3.81. The van der Waals surface area contributed by atoms with Crippen molar-refractivity contribution >= 4 is 29.0 Å². The summed E-state index contributed by atoms with van der Waals surface area (Å²) >= 11 is 0. The molecule has 3 rings (SSSR count). The molecular formula is C20H17N3O5. The summed E-state index contributed by atoms with van der Waals surface area (Å²) in [6.07, 6.45) is 0. The van der Waals surface area contributed by atoms with Crippen molar-refractivity contribution in [2.75, 3.05) is 14.1 Å². The van der Waals surface area contributed by atoms with Crippen LogP contribution in [0, 0.1) is 10.1 Å². The lowest BCUT2D eigenvalue weighted by Gasteiger charge is -2.25. The Labute approximate surface area is 160 Å². The van der Waals surface area contributed by atoms with E-state index in [1.54, 1.807) is 32.3 Å². The number of likely N-dealkylation sites (N-methyl/N-ethyl adjacent to an activating group) is 1. The van der Waals surface area contributed by atoms with E-state index in [2.05, 4.69) is 0 Å². The fraction of sp³-hybridized carbons (Fsp3) is 0.150. The summed E-state index contributed by atoms with van der Waals surface area (Å²) in [6, 6.07) is 12.0. The molecule has 0 aliphatic carbocycles. The van der Waals surface area contributed by atoms with Gasteiger partial charge in [0.2, 0.25) is 0 Å². The molecule has 0 aromatic heterocycles. The predicted molar refractivity (Wildman–Crippen MR) is 101 cm³/mol. The molecule has 0 saturated carbocycles. The first-order chi connectivity index (χ1) is 13.3. The monoisotopic (exact) mass is 379 g/mol. The van der Waals surface area contributed by atoms with Crippen LogP contribution >= 0.6 is 0 Å². The lowest BCUT2D eigenvalue weighted by atomic mass is 10.0. The van der Waals surface area contributed by atoms with E-state index < -0.39 is 22.5 Å². The molecule has 0 atom stereocenters. The Morgan fingerprint density at radius 1 is 0.964 bits per heavy atom. The Balaban J connectivity index is 2.37. The van der Waals surface area contributed by atoms with Gasteiger partial charge in [0.25, 0.3) is 17.5 Å². The van der Waals surface area contributed by atoms with Crippen LogP contribution in [0.15, 0.2) is 54.2 Å². The third kappa shape index (κ3) is 2.94. The number of fused-ring (bicyclic) bond motifs is 1. The number of carbonyl (C=O) groups is 3. The summed E-state index contributed by atoms with van der Waals surface area (Å²) in [5.41, 5.74) is -0.00847. The second-order valence-electron chi connectivity index (χ2n) is 6.41. The van der Waals surface area contributed by atoms with Gasteiger partial charge in [0.05, 0.1) is 27.3 Å². The van der Waals surface area contributed by atoms with Crippen LogP contribution in [0.4, 0.5) is 5.69 Å². The number of para-hydroxylation sites is 1. The van der Waals surface area contributed by atoms with Gasteiger partial charge in [-0.3, -0.25) is 24.5 Å². The maximum absolute atomic E-state index is 13.0. The lowest BCUT2D eigenvalue weighted by molar-refractivity contribution is -0.385. The van der Waals surface area contributed by atoms with Crippen molar-refractivity contribution in [3.63, 3.8) is 0 Å². The van der Waals surface area contributed by atoms with E-state index in [1.165, 1.54) is 42.2 Å². The van der Waals surface area contributed by atoms with Crippen molar-refractivity contribution in [1.29, 1.82) is 0 Å². The largest absolute Gasteiger partial charge is 0.373 e. The molecule has 0 spiro atoms. The van der Waals surface area contributed by atoms with Gasteiger partial charge in [0.15, 0.2) is 5.78 Å². The zero-order valence-electron chi connectivity index (χ0n) is 15.5. The van der Waals surface area contributed by atoms with Gasteiger partial charge in [-0.15, -0.1) is 0 Å². The third-order valence-electron chi connectivity index (χ3n) is 4.38. The van der Waals surface area contributed by atoms with E-state index in [-0.39, 0.29) is 33.8 Å². The van der Waals surface area contributed by atoms with Crippen LogP contribution < -0.4 is 0 Å². The summed E-state index contributed by atoms with van der Waals surface area (Å²) in [4.78, 5) is 51.7. The molecule has 0 N–H and O–H groups in total. The van der Waals surface area contributed by atoms with Crippen molar-refractivity contribution < 1.29 is 19.3 Å². The minimum absolute atomic E-state index is 0.0147. The van der Waals surface area contributed by atoms with E-state index in [9.17, 15) is 24.5 Å². The number of Topliss-reactive ketones (excluding diaryl/α,β-unsaturated/α-hetero) is 1. The average molecular weight is 379 g/mol. The summed E-state index contributed by atoms with van der Waals surface area (Å²) in [5.74, 6) is -1.70. The molecule has 8 nitrogen and oxygen atoms in total. The molecule has 1 aliphatic rings. The van der Waals surface area contributed by atoms with Crippen LogP contribution in [-0.2, 0) is 4.79 Å². The Bertz CT molecular complexity index is 1020.